The second-order valence-corrected chi connectivity index (χ2v) is 18.0. The van der Waals surface area contributed by atoms with Crippen LogP contribution < -0.4 is 31.2 Å². The average molecular weight is 939 g/mol. The van der Waals surface area contributed by atoms with Crippen molar-refractivity contribution in [3.63, 3.8) is 0 Å². The Kier molecular flexibility index (Phi) is 14.6. The fourth-order valence-corrected chi connectivity index (χ4v) is 9.30. The van der Waals surface area contributed by atoms with Crippen LogP contribution in [0.2, 0.25) is 0 Å². The highest BCUT2D eigenvalue weighted by atomic mass is 32.1. The Morgan fingerprint density at radius 3 is 1.69 bits per heavy atom. The number of carboxylic acid groups (broad SMARTS) is 1. The molecule has 6 N–H and O–H groups in total. The van der Waals surface area contributed by atoms with Crippen molar-refractivity contribution in [2.45, 2.75) is 52.6 Å². The third kappa shape index (κ3) is 11.9. The summed E-state index contributed by atoms with van der Waals surface area (Å²) in [5, 5.41) is 26.3. The molecular formula is C48H50N12O5S2. The average Bonchev–Trinajstić information content (AvgIpc) is 4.16. The van der Waals surface area contributed by atoms with Crippen LogP contribution in [0.4, 0.5) is 23.3 Å². The van der Waals surface area contributed by atoms with Crippen molar-refractivity contribution in [3.05, 3.63) is 140 Å². The highest BCUT2D eigenvalue weighted by Crippen LogP contribution is 2.34. The molecule has 10 rings (SSSR count). The van der Waals surface area contributed by atoms with Crippen LogP contribution in [0.1, 0.15) is 64.2 Å². The quantitative estimate of drug-likeness (QED) is 0.0822. The Morgan fingerprint density at radius 1 is 0.716 bits per heavy atom. The number of ether oxygens (including phenoxy) is 2. The summed E-state index contributed by atoms with van der Waals surface area (Å²) in [5.41, 5.74) is 15.6. The van der Waals surface area contributed by atoms with Crippen molar-refractivity contribution in [1.29, 1.82) is 0 Å². The number of nitrogens with zero attached hydrogens (tertiary/aromatic N) is 8. The molecule has 8 heterocycles. The second-order valence-electron chi connectivity index (χ2n) is 15.8. The van der Waals surface area contributed by atoms with Gasteiger partial charge in [-0.05, 0) is 86.1 Å². The van der Waals surface area contributed by atoms with Gasteiger partial charge in [-0.25, -0.2) is 24.7 Å². The van der Waals surface area contributed by atoms with Crippen LogP contribution in [-0.4, -0.2) is 69.7 Å². The summed E-state index contributed by atoms with van der Waals surface area (Å²) in [4.78, 5) is 44.2. The number of carbonyl (C=O) groups excluding carboxylic acids is 1. The summed E-state index contributed by atoms with van der Waals surface area (Å²) in [6, 6.07) is 19.5. The van der Waals surface area contributed by atoms with Gasteiger partial charge in [0, 0.05) is 85.0 Å². The van der Waals surface area contributed by atoms with Crippen molar-refractivity contribution in [1.82, 2.24) is 44.8 Å². The number of fused-ring (bicyclic) bond motifs is 2. The predicted molar refractivity (Wildman–Crippen MR) is 260 cm³/mol. The van der Waals surface area contributed by atoms with Crippen molar-refractivity contribution < 1.29 is 24.2 Å². The minimum atomic E-state index is -0.863. The zero-order valence-corrected chi connectivity index (χ0v) is 39.1. The molecule has 2 aromatic carbocycles. The first-order chi connectivity index (χ1) is 32.5. The number of aromatic carboxylic acids is 1. The Balaban J connectivity index is 0.000000153. The number of benzene rings is 2. The normalized spacial score (nSPS) is 12.4. The summed E-state index contributed by atoms with van der Waals surface area (Å²) in [7, 11) is 3.72. The van der Waals surface area contributed by atoms with Gasteiger partial charge in [-0.3, -0.25) is 14.2 Å². The fraction of sp³-hybridized carbons (Fsp3) is 0.250. The van der Waals surface area contributed by atoms with E-state index in [1.54, 1.807) is 40.2 Å². The predicted octanol–water partition coefficient (Wildman–Crippen LogP) is 8.40. The first kappa shape index (κ1) is 46.1. The fourth-order valence-electron chi connectivity index (χ4n) is 7.25. The maximum absolute atomic E-state index is 12.6. The minimum absolute atomic E-state index is 0.0663. The van der Waals surface area contributed by atoms with E-state index in [0.29, 0.717) is 41.3 Å². The van der Waals surface area contributed by atoms with Gasteiger partial charge >= 0.3 is 5.97 Å². The highest BCUT2D eigenvalue weighted by Gasteiger charge is 2.20. The van der Waals surface area contributed by atoms with E-state index in [9.17, 15) is 9.59 Å². The summed E-state index contributed by atoms with van der Waals surface area (Å²) in [6.45, 7) is 6.54. The van der Waals surface area contributed by atoms with Gasteiger partial charge in [0.15, 0.2) is 0 Å². The molecule has 2 aliphatic rings. The number of hydrogen-bond donors (Lipinski definition) is 5. The molecular weight excluding hydrogens is 889 g/mol. The molecule has 0 radical (unpaired) electrons. The lowest BCUT2D eigenvalue weighted by atomic mass is 10.0. The summed E-state index contributed by atoms with van der Waals surface area (Å²) < 4.78 is 14.4. The number of carboxylic acids is 1. The summed E-state index contributed by atoms with van der Waals surface area (Å²) in [6.07, 6.45) is 14.6. The van der Waals surface area contributed by atoms with E-state index in [-0.39, 0.29) is 5.91 Å². The van der Waals surface area contributed by atoms with Crippen molar-refractivity contribution >= 4 is 57.8 Å². The number of aromatic nitrogens is 8. The molecule has 0 saturated heterocycles. The molecule has 2 aliphatic heterocycles. The van der Waals surface area contributed by atoms with Crippen LogP contribution in [0.25, 0.3) is 22.5 Å². The van der Waals surface area contributed by atoms with E-state index >= 15 is 0 Å². The van der Waals surface area contributed by atoms with Gasteiger partial charge in [-0.15, -0.1) is 22.7 Å². The standard InChI is InChI=1S/C24H24N6O2S.C16H18N6.C8H8O3S/c1-15-10-16(19-7-8-25-24(29-19)28-18-13-27-30(2)14-18)5-6-17(15)12-26-23(31)22-11-20-21(33-22)4-3-9-32-20;1-11-7-12(3-4-13(11)8-17)15-5-6-18-16(21-15)20-14-9-19-22(2)10-14;9-8(10)7-4-5-6(12-7)2-1-3-11-5/h5-8,10-11,13-14H,3-4,9,12H2,1-2H3,(H,26,31)(H,25,28,29);3-7,9-10H,8,17H2,1-2H3,(H,18,20,21);4H,1-3H2,(H,9,10). The van der Waals surface area contributed by atoms with Crippen molar-refractivity contribution in [3.8, 4) is 34.0 Å². The van der Waals surface area contributed by atoms with Gasteiger partial charge in [0.1, 0.15) is 16.4 Å². The maximum atomic E-state index is 12.6. The highest BCUT2D eigenvalue weighted by molar-refractivity contribution is 7.14. The van der Waals surface area contributed by atoms with Gasteiger partial charge in [0.25, 0.3) is 5.91 Å². The van der Waals surface area contributed by atoms with E-state index in [2.05, 4.69) is 65.1 Å². The van der Waals surface area contributed by atoms with Crippen LogP contribution in [-0.2, 0) is 40.0 Å². The van der Waals surface area contributed by atoms with Gasteiger partial charge in [0.05, 0.1) is 53.2 Å². The zero-order valence-electron chi connectivity index (χ0n) is 37.4. The molecule has 67 heavy (non-hydrogen) atoms. The Bertz CT molecular complexity index is 2970. The number of thiophene rings is 2. The third-order valence-corrected chi connectivity index (χ3v) is 13.1. The molecule has 0 atom stereocenters. The molecule has 0 fully saturated rings. The van der Waals surface area contributed by atoms with Gasteiger partial charge in [0.2, 0.25) is 11.9 Å². The molecule has 344 valence electrons. The van der Waals surface area contributed by atoms with E-state index in [4.69, 9.17) is 20.3 Å². The van der Waals surface area contributed by atoms with Gasteiger partial charge < -0.3 is 36.3 Å². The molecule has 8 aromatic rings. The van der Waals surface area contributed by atoms with Crippen molar-refractivity contribution in [2.75, 3.05) is 23.8 Å². The molecule has 6 aromatic heterocycles. The van der Waals surface area contributed by atoms with E-state index in [0.717, 1.165) is 104 Å². The molecule has 1 amide bonds. The number of anilines is 4. The number of nitrogens with two attached hydrogens (primary N) is 1. The Labute approximate surface area is 395 Å². The lowest BCUT2D eigenvalue weighted by Crippen LogP contribution is -2.22. The molecule has 0 saturated carbocycles. The number of rotatable bonds is 11. The number of nitrogens with one attached hydrogen (secondary N) is 3. The number of aryl methyl sites for hydroxylation is 6. The van der Waals surface area contributed by atoms with Crippen LogP contribution in [0.15, 0.2) is 97.8 Å². The second kappa shape index (κ2) is 21.2. The van der Waals surface area contributed by atoms with Crippen LogP contribution in [0, 0.1) is 13.8 Å². The monoisotopic (exact) mass is 938 g/mol. The van der Waals surface area contributed by atoms with Crippen LogP contribution >= 0.6 is 22.7 Å². The Hall–Kier alpha value is -7.48. The van der Waals surface area contributed by atoms with Crippen LogP contribution in [0.3, 0.4) is 0 Å². The topological polar surface area (TPSA) is 222 Å². The number of hydrogen-bond acceptors (Lipinski definition) is 15. The van der Waals surface area contributed by atoms with E-state index in [1.165, 1.54) is 28.2 Å². The first-order valence-electron chi connectivity index (χ1n) is 21.6. The largest absolute Gasteiger partial charge is 0.492 e. The minimum Gasteiger partial charge on any atom is -0.492 e. The van der Waals surface area contributed by atoms with Gasteiger partial charge in [-0.2, -0.15) is 10.2 Å². The SMILES string of the molecule is Cc1cc(-c2ccnc(Nc3cnn(C)c3)n2)ccc1CN.Cc1cc(-c2ccnc(Nc3cnn(C)c3)n2)ccc1CNC(=O)c1cc2c(s1)CCCO2.O=C(O)c1cc2c(s1)CCCO2. The molecule has 17 nitrogen and oxygen atoms in total. The Morgan fingerprint density at radius 2 is 1.22 bits per heavy atom. The summed E-state index contributed by atoms with van der Waals surface area (Å²) in [5.74, 6) is 1.76. The molecule has 19 heteroatoms. The lowest BCUT2D eigenvalue weighted by Gasteiger charge is -2.11. The third-order valence-electron chi connectivity index (χ3n) is 10.8. The molecule has 0 spiro atoms. The van der Waals surface area contributed by atoms with E-state index in [1.807, 2.05) is 75.9 Å². The smallest absolute Gasteiger partial charge is 0.346 e. The molecule has 0 bridgehead atoms. The lowest BCUT2D eigenvalue weighted by molar-refractivity contribution is 0.0701. The number of amides is 1. The first-order valence-corrected chi connectivity index (χ1v) is 23.2. The zero-order chi connectivity index (χ0) is 46.9. The molecule has 0 aliphatic carbocycles. The molecule has 0 unspecified atom stereocenters. The van der Waals surface area contributed by atoms with Crippen molar-refractivity contribution in [2.24, 2.45) is 19.8 Å². The van der Waals surface area contributed by atoms with Crippen LogP contribution in [0.5, 0.6) is 11.5 Å². The van der Waals surface area contributed by atoms with Gasteiger partial charge in [-0.1, -0.05) is 24.3 Å². The van der Waals surface area contributed by atoms with E-state index < -0.39 is 5.97 Å². The number of carbonyl (C=O) groups is 2. The maximum Gasteiger partial charge on any atom is 0.346 e. The summed E-state index contributed by atoms with van der Waals surface area (Å²) >= 11 is 2.84.